The lowest BCUT2D eigenvalue weighted by atomic mass is 9.64. The molecule has 2 heterocycles. The predicted octanol–water partition coefficient (Wildman–Crippen LogP) is 4.92. The maximum absolute atomic E-state index is 13.1. The zero-order chi connectivity index (χ0) is 24.3. The molecule has 3 atom stereocenters. The zero-order valence-corrected chi connectivity index (χ0v) is 19.2. The van der Waals surface area contributed by atoms with Gasteiger partial charge in [0.15, 0.2) is 5.78 Å². The van der Waals surface area contributed by atoms with Gasteiger partial charge < -0.3 is 19.2 Å². The van der Waals surface area contributed by atoms with Gasteiger partial charge in [0.25, 0.3) is 0 Å². The monoisotopic (exact) mass is 475 g/mol. The molecule has 1 spiro atoms. The van der Waals surface area contributed by atoms with Crippen molar-refractivity contribution in [2.24, 2.45) is 5.92 Å². The molecule has 0 saturated heterocycles. The molecule has 1 aliphatic heterocycles. The van der Waals surface area contributed by atoms with Gasteiger partial charge in [0.1, 0.15) is 17.1 Å². The van der Waals surface area contributed by atoms with Crippen molar-refractivity contribution in [2.75, 3.05) is 27.2 Å². The normalized spacial score (nSPS) is 28.9. The van der Waals surface area contributed by atoms with Gasteiger partial charge >= 0.3 is 6.18 Å². The predicted molar refractivity (Wildman–Crippen MR) is 119 cm³/mol. The first kappa shape index (κ1) is 23.3. The highest BCUT2D eigenvalue weighted by molar-refractivity contribution is 6.03. The topological polar surface area (TPSA) is 62.9 Å². The van der Waals surface area contributed by atoms with E-state index in [0.29, 0.717) is 67.9 Å². The number of nitrogens with zero attached hydrogens (tertiary/aromatic N) is 1. The number of fused-ring (bicyclic) bond motifs is 4. The Morgan fingerprint density at radius 1 is 1.18 bits per heavy atom. The van der Waals surface area contributed by atoms with E-state index in [1.165, 1.54) is 12.1 Å². The summed E-state index contributed by atoms with van der Waals surface area (Å²) < 4.78 is 51.8. The minimum Gasteiger partial charge on any atom is -0.458 e. The van der Waals surface area contributed by atoms with Crippen LogP contribution in [0.2, 0.25) is 0 Å². The second-order valence-electron chi connectivity index (χ2n) is 9.93. The number of hydrogen-bond donors (Lipinski definition) is 1. The molecule has 2 aliphatic carbocycles. The van der Waals surface area contributed by atoms with E-state index in [9.17, 15) is 23.1 Å². The van der Waals surface area contributed by atoms with Crippen molar-refractivity contribution in [3.63, 3.8) is 0 Å². The van der Waals surface area contributed by atoms with Gasteiger partial charge in [0.2, 0.25) is 0 Å². The van der Waals surface area contributed by atoms with Crippen LogP contribution in [0.5, 0.6) is 0 Å². The van der Waals surface area contributed by atoms with E-state index in [-0.39, 0.29) is 11.7 Å². The van der Waals surface area contributed by atoms with Crippen LogP contribution in [0.25, 0.3) is 6.08 Å². The third-order valence-electron chi connectivity index (χ3n) is 7.49. The van der Waals surface area contributed by atoms with Crippen LogP contribution in [0.15, 0.2) is 34.8 Å². The van der Waals surface area contributed by atoms with Crippen LogP contribution in [0.3, 0.4) is 0 Å². The van der Waals surface area contributed by atoms with E-state index in [1.807, 2.05) is 25.1 Å². The summed E-state index contributed by atoms with van der Waals surface area (Å²) in [6, 6.07) is 4.81. The quantitative estimate of drug-likeness (QED) is 0.683. The molecule has 1 aromatic heterocycles. The van der Waals surface area contributed by atoms with Crippen LogP contribution in [-0.2, 0) is 28.5 Å². The molecule has 0 amide bonds. The van der Waals surface area contributed by atoms with Gasteiger partial charge in [-0.2, -0.15) is 13.2 Å². The Balaban J connectivity index is 1.53. The summed E-state index contributed by atoms with van der Waals surface area (Å²) in [7, 11) is 3.80. The Morgan fingerprint density at radius 3 is 2.59 bits per heavy atom. The van der Waals surface area contributed by atoms with E-state index in [0.717, 1.165) is 17.7 Å². The molecule has 5 rings (SSSR count). The Hall–Kier alpha value is -2.42. The maximum Gasteiger partial charge on any atom is 0.416 e. The number of ether oxygens (including phenoxy) is 1. The highest BCUT2D eigenvalue weighted by Gasteiger charge is 2.54. The first-order chi connectivity index (χ1) is 16.0. The Bertz CT molecular complexity index is 1130. The van der Waals surface area contributed by atoms with Gasteiger partial charge in [-0.05, 0) is 57.1 Å². The lowest BCUT2D eigenvalue weighted by molar-refractivity contribution is -0.172. The smallest absolute Gasteiger partial charge is 0.416 e. The Kier molecular flexibility index (Phi) is 5.54. The molecule has 1 aromatic carbocycles. The minimum atomic E-state index is -4.43. The number of halogens is 3. The number of furan rings is 1. The van der Waals surface area contributed by atoms with Gasteiger partial charge in [-0.25, -0.2) is 0 Å². The van der Waals surface area contributed by atoms with Crippen molar-refractivity contribution < 1.29 is 32.2 Å². The SMILES string of the molecule is CN(C)CC1CC2(CCC1(O)c1ccc(C(F)(F)F)cc1)OCCc1c2oc2c1C(=O)CC=C2. The third-order valence-corrected chi connectivity index (χ3v) is 7.49. The summed E-state index contributed by atoms with van der Waals surface area (Å²) in [5.74, 6) is 0.953. The van der Waals surface area contributed by atoms with Crippen LogP contribution >= 0.6 is 0 Å². The van der Waals surface area contributed by atoms with Crippen LogP contribution < -0.4 is 0 Å². The number of allylic oxidation sites excluding steroid dienone is 1. The molecule has 182 valence electrons. The van der Waals surface area contributed by atoms with Crippen molar-refractivity contribution in [3.8, 4) is 0 Å². The highest BCUT2D eigenvalue weighted by Crippen LogP contribution is 2.54. The summed E-state index contributed by atoms with van der Waals surface area (Å²) >= 11 is 0. The van der Waals surface area contributed by atoms with Gasteiger partial charge in [-0.1, -0.05) is 18.2 Å². The van der Waals surface area contributed by atoms with Gasteiger partial charge in [0.05, 0.1) is 23.3 Å². The highest BCUT2D eigenvalue weighted by atomic mass is 19.4. The lowest BCUT2D eigenvalue weighted by Crippen LogP contribution is -2.52. The summed E-state index contributed by atoms with van der Waals surface area (Å²) in [4.78, 5) is 14.6. The third kappa shape index (κ3) is 3.72. The van der Waals surface area contributed by atoms with E-state index >= 15 is 0 Å². The first-order valence-corrected chi connectivity index (χ1v) is 11.6. The fourth-order valence-electron chi connectivity index (χ4n) is 5.89. The second-order valence-corrected chi connectivity index (χ2v) is 9.93. The van der Waals surface area contributed by atoms with Gasteiger partial charge in [-0.3, -0.25) is 4.79 Å². The molecule has 0 radical (unpaired) electrons. The molecule has 0 bridgehead atoms. The second kappa shape index (κ2) is 8.07. The average Bonchev–Trinajstić information content (AvgIpc) is 3.17. The maximum atomic E-state index is 13.1. The molecule has 2 aromatic rings. The minimum absolute atomic E-state index is 0.0430. The largest absolute Gasteiger partial charge is 0.458 e. The van der Waals surface area contributed by atoms with Crippen molar-refractivity contribution in [3.05, 3.63) is 64.1 Å². The number of aliphatic hydroxyl groups is 1. The first-order valence-electron chi connectivity index (χ1n) is 11.6. The van der Waals surface area contributed by atoms with E-state index < -0.39 is 22.9 Å². The molecule has 5 nitrogen and oxygen atoms in total. The average molecular weight is 476 g/mol. The van der Waals surface area contributed by atoms with Crippen LogP contribution in [-0.4, -0.2) is 43.0 Å². The molecular weight excluding hydrogens is 447 g/mol. The molecule has 1 saturated carbocycles. The zero-order valence-electron chi connectivity index (χ0n) is 19.2. The molecular formula is C26H28F3NO4. The van der Waals surface area contributed by atoms with Crippen LogP contribution in [0.1, 0.15) is 64.3 Å². The molecule has 34 heavy (non-hydrogen) atoms. The summed E-state index contributed by atoms with van der Waals surface area (Å²) in [5.41, 5.74) is -0.821. The number of carbonyl (C=O) groups excluding carboxylic acids is 1. The number of Topliss-reactive ketones (excluding diaryl/α,β-unsaturated/α-hetero) is 1. The standard InChI is InChI=1S/C26H28F3NO4/c1-30(2)15-18-14-24(11-12-25(18,32)16-6-8-17(9-7-16)26(27,28)29)23-19(10-13-33-24)22-20(31)4-3-5-21(22)34-23/h3,5-9,18,32H,4,10-15H2,1-2H3. The number of ketones is 1. The van der Waals surface area contributed by atoms with Crippen molar-refractivity contribution in [2.45, 2.75) is 49.5 Å². The number of rotatable bonds is 3. The fourth-order valence-corrected chi connectivity index (χ4v) is 5.89. The summed E-state index contributed by atoms with van der Waals surface area (Å²) in [5, 5.41) is 11.9. The van der Waals surface area contributed by atoms with E-state index in [1.54, 1.807) is 6.08 Å². The van der Waals surface area contributed by atoms with Crippen molar-refractivity contribution >= 4 is 11.9 Å². The summed E-state index contributed by atoms with van der Waals surface area (Å²) in [6.45, 7) is 0.959. The van der Waals surface area contributed by atoms with Crippen LogP contribution in [0, 0.1) is 5.92 Å². The van der Waals surface area contributed by atoms with E-state index in [2.05, 4.69) is 0 Å². The van der Waals surface area contributed by atoms with Gasteiger partial charge in [0, 0.05) is 30.9 Å². The van der Waals surface area contributed by atoms with Gasteiger partial charge in [-0.15, -0.1) is 0 Å². The molecule has 1 fully saturated rings. The molecule has 3 unspecified atom stereocenters. The van der Waals surface area contributed by atoms with Crippen molar-refractivity contribution in [1.82, 2.24) is 4.90 Å². The molecule has 8 heteroatoms. The number of benzene rings is 1. The lowest BCUT2D eigenvalue weighted by Gasteiger charge is -2.50. The Morgan fingerprint density at radius 2 is 1.91 bits per heavy atom. The summed E-state index contributed by atoms with van der Waals surface area (Å²) in [6.07, 6.45) is 1.31. The number of carbonyl (C=O) groups is 1. The fraction of sp³-hybridized carbons (Fsp3) is 0.500. The number of alkyl halides is 3. The molecule has 1 N–H and O–H groups in total. The number of hydrogen-bond acceptors (Lipinski definition) is 5. The van der Waals surface area contributed by atoms with Crippen LogP contribution in [0.4, 0.5) is 13.2 Å². The van der Waals surface area contributed by atoms with Crippen molar-refractivity contribution in [1.29, 1.82) is 0 Å². The van der Waals surface area contributed by atoms with E-state index in [4.69, 9.17) is 9.15 Å². The Labute approximate surface area is 196 Å². The molecule has 3 aliphatic rings.